The van der Waals surface area contributed by atoms with Crippen LogP contribution in [0.4, 0.5) is 13.2 Å². The van der Waals surface area contributed by atoms with E-state index in [-0.39, 0.29) is 30.7 Å². The number of unbranched alkanes of at least 4 members (excludes halogenated alkanes) is 1. The molecule has 2 aromatic rings. The van der Waals surface area contributed by atoms with Gasteiger partial charge in [0.2, 0.25) is 0 Å². The van der Waals surface area contributed by atoms with Crippen molar-refractivity contribution in [1.29, 1.82) is 0 Å². The number of ketones is 2. The number of alkyl halides is 3. The molecule has 4 N–H and O–H groups in total. The zero-order valence-electron chi connectivity index (χ0n) is 16.8. The smallest absolute Gasteiger partial charge is 0.452 e. The Morgan fingerprint density at radius 3 is 1.91 bits per heavy atom. The third kappa shape index (κ3) is 6.01. The number of rotatable bonds is 10. The van der Waals surface area contributed by atoms with E-state index in [9.17, 15) is 32.3 Å². The normalized spacial score (nSPS) is 13.1. The van der Waals surface area contributed by atoms with Gasteiger partial charge in [-0.05, 0) is 31.4 Å². The van der Waals surface area contributed by atoms with Gasteiger partial charge in [0.15, 0.2) is 11.3 Å². The molecule has 2 rings (SSSR count). The second kappa shape index (κ2) is 10.2. The molecule has 0 aliphatic heterocycles. The fourth-order valence-corrected chi connectivity index (χ4v) is 2.93. The molecule has 0 spiro atoms. The number of halogens is 3. The average molecular weight is 450 g/mol. The van der Waals surface area contributed by atoms with E-state index in [2.05, 4.69) is 5.32 Å². The summed E-state index contributed by atoms with van der Waals surface area (Å²) in [5.41, 5.74) is 3.30. The van der Waals surface area contributed by atoms with Gasteiger partial charge in [0, 0.05) is 23.2 Å². The number of hydrogen-bond acceptors (Lipinski definition) is 5. The zero-order valence-corrected chi connectivity index (χ0v) is 16.8. The van der Waals surface area contributed by atoms with E-state index < -0.39 is 35.8 Å². The Bertz CT molecular complexity index is 991. The molecule has 0 aromatic heterocycles. The molecule has 7 nitrogen and oxygen atoms in total. The van der Waals surface area contributed by atoms with Gasteiger partial charge < -0.3 is 16.2 Å². The summed E-state index contributed by atoms with van der Waals surface area (Å²) in [5.74, 6) is -5.26. The molecule has 0 saturated carbocycles. The highest BCUT2D eigenvalue weighted by Crippen LogP contribution is 2.26. The van der Waals surface area contributed by atoms with E-state index >= 15 is 0 Å². The molecule has 170 valence electrons. The van der Waals surface area contributed by atoms with Crippen LogP contribution in [-0.2, 0) is 9.59 Å². The summed E-state index contributed by atoms with van der Waals surface area (Å²) in [4.78, 5) is 47.0. The molecule has 32 heavy (non-hydrogen) atoms. The summed E-state index contributed by atoms with van der Waals surface area (Å²) in [6.07, 6.45) is -6.12. The van der Waals surface area contributed by atoms with Crippen LogP contribution in [0.1, 0.15) is 45.5 Å². The summed E-state index contributed by atoms with van der Waals surface area (Å²) in [5, 5.41) is 11.5. The molecule has 1 atom stereocenters. The van der Waals surface area contributed by atoms with E-state index in [1.165, 1.54) is 24.3 Å². The Morgan fingerprint density at radius 2 is 1.38 bits per heavy atom. The second-order valence-corrected chi connectivity index (χ2v) is 7.09. The molecule has 1 unspecified atom stereocenters. The second-order valence-electron chi connectivity index (χ2n) is 7.09. The lowest BCUT2D eigenvalue weighted by molar-refractivity contribution is -0.181. The van der Waals surface area contributed by atoms with E-state index in [0.29, 0.717) is 11.1 Å². The third-order valence-electron chi connectivity index (χ3n) is 4.77. The van der Waals surface area contributed by atoms with E-state index in [1.54, 1.807) is 30.3 Å². The van der Waals surface area contributed by atoms with Crippen molar-refractivity contribution in [1.82, 2.24) is 5.32 Å². The van der Waals surface area contributed by atoms with E-state index in [1.807, 2.05) is 0 Å². The third-order valence-corrected chi connectivity index (χ3v) is 4.77. The molecule has 0 fully saturated rings. The lowest BCUT2D eigenvalue weighted by atomic mass is 9.88. The molecule has 0 aliphatic carbocycles. The first-order valence-electron chi connectivity index (χ1n) is 9.58. The zero-order chi connectivity index (χ0) is 23.9. The number of benzene rings is 2. The predicted molar refractivity (Wildman–Crippen MR) is 108 cm³/mol. The lowest BCUT2D eigenvalue weighted by Gasteiger charge is -2.24. The maximum atomic E-state index is 12.6. The van der Waals surface area contributed by atoms with Crippen LogP contribution in [0.3, 0.4) is 0 Å². The van der Waals surface area contributed by atoms with Gasteiger partial charge in [-0.25, -0.2) is 4.79 Å². The van der Waals surface area contributed by atoms with Crippen LogP contribution in [0, 0.1) is 0 Å². The van der Waals surface area contributed by atoms with Crippen LogP contribution < -0.4 is 11.1 Å². The van der Waals surface area contributed by atoms with Gasteiger partial charge in [0.1, 0.15) is 0 Å². The molecule has 10 heteroatoms. The molecule has 2 aromatic carbocycles. The number of aliphatic carboxylic acids is 1. The first-order chi connectivity index (χ1) is 15.0. The van der Waals surface area contributed by atoms with Crippen molar-refractivity contribution in [2.75, 3.05) is 6.54 Å². The van der Waals surface area contributed by atoms with Gasteiger partial charge in [0.05, 0.1) is 0 Å². The number of hydrogen-bond donors (Lipinski definition) is 3. The van der Waals surface area contributed by atoms with Gasteiger partial charge in [-0.15, -0.1) is 0 Å². The van der Waals surface area contributed by atoms with Crippen molar-refractivity contribution < 1.29 is 37.5 Å². The fraction of sp³-hybridized carbons (Fsp3) is 0.273. The maximum Gasteiger partial charge on any atom is 0.452 e. The van der Waals surface area contributed by atoms with Gasteiger partial charge in [-0.2, -0.15) is 13.2 Å². The first-order valence-corrected chi connectivity index (χ1v) is 9.58. The molecule has 0 heterocycles. The Labute approximate surface area is 181 Å². The van der Waals surface area contributed by atoms with Crippen molar-refractivity contribution >= 4 is 23.4 Å². The molecular weight excluding hydrogens is 429 g/mol. The Morgan fingerprint density at radius 1 is 0.844 bits per heavy atom. The highest BCUT2D eigenvalue weighted by molar-refractivity contribution is 6.10. The molecule has 0 bridgehead atoms. The largest absolute Gasteiger partial charge is 0.480 e. The number of amides is 1. The van der Waals surface area contributed by atoms with E-state index in [0.717, 1.165) is 0 Å². The highest BCUT2D eigenvalue weighted by Gasteiger charge is 2.55. The Balaban J connectivity index is 1.86. The summed E-state index contributed by atoms with van der Waals surface area (Å²) < 4.78 is 37.7. The lowest BCUT2D eigenvalue weighted by Crippen LogP contribution is -2.59. The van der Waals surface area contributed by atoms with Gasteiger partial charge in [-0.3, -0.25) is 14.4 Å². The van der Waals surface area contributed by atoms with Crippen LogP contribution in [0.15, 0.2) is 54.6 Å². The minimum absolute atomic E-state index is 0.0272. The number of nitrogens with one attached hydrogen (secondary N) is 1. The number of carbonyl (C=O) groups excluding carboxylic acids is 3. The number of Topliss-reactive ketones (excluding diaryl/α,β-unsaturated/α-hetero) is 1. The van der Waals surface area contributed by atoms with Gasteiger partial charge >= 0.3 is 12.1 Å². The standard InChI is InChI=1S/C22H21F3N2O5/c23-22(24,25)19(30)21(26,20(31)32)12-4-5-13-27-18(29)16-10-8-15(9-11-16)17(28)14-6-2-1-3-7-14/h1-3,6-11H,4-5,12-13,26H2,(H,27,29)(H,31,32). The van der Waals surface area contributed by atoms with Crippen molar-refractivity contribution in [3.05, 3.63) is 71.3 Å². The molecule has 1 amide bonds. The van der Waals surface area contributed by atoms with Crippen molar-refractivity contribution in [3.63, 3.8) is 0 Å². The summed E-state index contributed by atoms with van der Waals surface area (Å²) >= 11 is 0. The topological polar surface area (TPSA) is 127 Å². The van der Waals surface area contributed by atoms with Crippen molar-refractivity contribution in [2.45, 2.75) is 31.0 Å². The fourth-order valence-electron chi connectivity index (χ4n) is 2.93. The number of carboxylic acids is 1. The van der Waals surface area contributed by atoms with E-state index in [4.69, 9.17) is 10.8 Å². The minimum atomic E-state index is -5.37. The van der Waals surface area contributed by atoms with Crippen molar-refractivity contribution in [2.24, 2.45) is 5.73 Å². The molecular formula is C22H21F3N2O5. The summed E-state index contributed by atoms with van der Waals surface area (Å²) in [6, 6.07) is 14.5. The number of carboxylic acid groups (broad SMARTS) is 1. The monoisotopic (exact) mass is 450 g/mol. The van der Waals surface area contributed by atoms with Crippen LogP contribution in [0.25, 0.3) is 0 Å². The molecule has 0 saturated heterocycles. The van der Waals surface area contributed by atoms with Crippen LogP contribution in [-0.4, -0.2) is 46.8 Å². The van der Waals surface area contributed by atoms with Crippen molar-refractivity contribution in [3.8, 4) is 0 Å². The number of nitrogens with two attached hydrogens (primary N) is 1. The average Bonchev–Trinajstić information content (AvgIpc) is 2.77. The van der Waals surface area contributed by atoms with Gasteiger partial charge in [-0.1, -0.05) is 42.5 Å². The summed E-state index contributed by atoms with van der Waals surface area (Å²) in [6.45, 7) is 0.0272. The predicted octanol–water partition coefficient (Wildman–Crippen LogP) is 2.73. The minimum Gasteiger partial charge on any atom is -0.480 e. The summed E-state index contributed by atoms with van der Waals surface area (Å²) in [7, 11) is 0. The Hall–Kier alpha value is -3.53. The quantitative estimate of drug-likeness (QED) is 0.290. The SMILES string of the molecule is NC(CCCCNC(=O)c1ccc(C(=O)c2ccccc2)cc1)(C(=O)O)C(=O)C(F)(F)F. The van der Waals surface area contributed by atoms with Gasteiger partial charge in [0.25, 0.3) is 11.7 Å². The molecule has 0 radical (unpaired) electrons. The highest BCUT2D eigenvalue weighted by atomic mass is 19.4. The van der Waals surface area contributed by atoms with Crippen LogP contribution >= 0.6 is 0 Å². The van der Waals surface area contributed by atoms with Crippen LogP contribution in [0.5, 0.6) is 0 Å². The first kappa shape index (κ1) is 24.7. The maximum absolute atomic E-state index is 12.6. The van der Waals surface area contributed by atoms with Crippen LogP contribution in [0.2, 0.25) is 0 Å². The number of carbonyl (C=O) groups is 4. The Kier molecular flexibility index (Phi) is 7.87. The molecule has 0 aliphatic rings.